The molecule has 1 aliphatic rings. The van der Waals surface area contributed by atoms with Crippen LogP contribution in [-0.4, -0.2) is 38.5 Å². The number of amides is 2. The number of carbonyl (C=O) groups is 2. The van der Waals surface area contributed by atoms with Crippen LogP contribution in [0.5, 0.6) is 0 Å². The van der Waals surface area contributed by atoms with Crippen LogP contribution in [0.1, 0.15) is 51.0 Å². The van der Waals surface area contributed by atoms with Gasteiger partial charge in [0.15, 0.2) is 11.6 Å². The maximum Gasteiger partial charge on any atom is 0.292 e. The van der Waals surface area contributed by atoms with Gasteiger partial charge in [0.1, 0.15) is 11.5 Å². The van der Waals surface area contributed by atoms with Crippen molar-refractivity contribution in [3.8, 4) is 0 Å². The summed E-state index contributed by atoms with van der Waals surface area (Å²) in [5.74, 6) is 0.581. The summed E-state index contributed by atoms with van der Waals surface area (Å²) in [5, 5.41) is 6.49. The van der Waals surface area contributed by atoms with Crippen LogP contribution in [0.15, 0.2) is 40.9 Å². The summed E-state index contributed by atoms with van der Waals surface area (Å²) in [7, 11) is 1.75. The minimum Gasteiger partial charge on any atom is -0.360 e. The fraction of sp³-hybridized carbons (Fsp3) is 0.333. The van der Waals surface area contributed by atoms with Crippen molar-refractivity contribution in [3.63, 3.8) is 0 Å². The first-order valence-corrected chi connectivity index (χ1v) is 9.66. The van der Waals surface area contributed by atoms with Gasteiger partial charge in [0.05, 0.1) is 5.69 Å². The van der Waals surface area contributed by atoms with E-state index < -0.39 is 5.91 Å². The molecule has 2 amide bonds. The van der Waals surface area contributed by atoms with E-state index in [-0.39, 0.29) is 11.7 Å². The minimum atomic E-state index is -0.397. The fourth-order valence-corrected chi connectivity index (χ4v) is 3.60. The number of benzene rings is 1. The first kappa shape index (κ1) is 18.9. The lowest BCUT2D eigenvalue weighted by molar-refractivity contribution is 0.0778. The second-order valence-electron chi connectivity index (χ2n) is 7.26. The number of imidazole rings is 1. The van der Waals surface area contributed by atoms with E-state index in [2.05, 4.69) is 15.5 Å². The molecular formula is C21H23N5O3. The lowest BCUT2D eigenvalue weighted by atomic mass is 10.1. The van der Waals surface area contributed by atoms with Crippen molar-refractivity contribution >= 4 is 17.6 Å². The van der Waals surface area contributed by atoms with Crippen LogP contribution in [0.4, 0.5) is 5.82 Å². The molecule has 0 saturated carbocycles. The molecule has 8 nitrogen and oxygen atoms in total. The monoisotopic (exact) mass is 393 g/mol. The smallest absolute Gasteiger partial charge is 0.292 e. The molecule has 0 unspecified atom stereocenters. The van der Waals surface area contributed by atoms with E-state index in [1.165, 1.54) is 0 Å². The van der Waals surface area contributed by atoms with Crippen LogP contribution >= 0.6 is 0 Å². The zero-order chi connectivity index (χ0) is 20.4. The molecule has 8 heteroatoms. The van der Waals surface area contributed by atoms with Crippen LogP contribution < -0.4 is 5.32 Å². The van der Waals surface area contributed by atoms with Gasteiger partial charge in [-0.3, -0.25) is 9.59 Å². The molecule has 1 N–H and O–H groups in total. The van der Waals surface area contributed by atoms with Gasteiger partial charge in [-0.1, -0.05) is 35.5 Å². The van der Waals surface area contributed by atoms with Gasteiger partial charge in [0.25, 0.3) is 11.8 Å². The molecule has 3 heterocycles. The molecule has 2 aromatic heterocycles. The number of nitrogens with one attached hydrogen (secondary N) is 1. The molecule has 3 aromatic rings. The summed E-state index contributed by atoms with van der Waals surface area (Å²) in [6, 6.07) is 11.4. The van der Waals surface area contributed by atoms with E-state index >= 15 is 0 Å². The number of nitrogens with zero attached hydrogens (tertiary/aromatic N) is 4. The van der Waals surface area contributed by atoms with Gasteiger partial charge in [-0.25, -0.2) is 4.98 Å². The maximum atomic E-state index is 13.1. The molecule has 0 bridgehead atoms. The van der Waals surface area contributed by atoms with Crippen molar-refractivity contribution in [1.29, 1.82) is 0 Å². The number of aryl methyl sites for hydroxylation is 1. The first-order chi connectivity index (χ1) is 14.0. The number of rotatable bonds is 5. The van der Waals surface area contributed by atoms with Gasteiger partial charge < -0.3 is 19.3 Å². The largest absolute Gasteiger partial charge is 0.360 e. The van der Waals surface area contributed by atoms with Gasteiger partial charge in [-0.05, 0) is 31.7 Å². The Labute approximate surface area is 168 Å². The van der Waals surface area contributed by atoms with Crippen molar-refractivity contribution < 1.29 is 14.1 Å². The highest BCUT2D eigenvalue weighted by atomic mass is 16.5. The highest BCUT2D eigenvalue weighted by molar-refractivity contribution is 6.03. The molecule has 1 aliphatic heterocycles. The van der Waals surface area contributed by atoms with Gasteiger partial charge in [0.2, 0.25) is 0 Å². The quantitative estimate of drug-likeness (QED) is 0.719. The molecular weight excluding hydrogens is 370 g/mol. The number of aromatic nitrogens is 3. The Hall–Kier alpha value is -3.42. The van der Waals surface area contributed by atoms with Gasteiger partial charge >= 0.3 is 0 Å². The van der Waals surface area contributed by atoms with Crippen molar-refractivity contribution in [3.05, 3.63) is 64.9 Å². The van der Waals surface area contributed by atoms with E-state index in [9.17, 15) is 9.59 Å². The molecule has 0 aliphatic carbocycles. The van der Waals surface area contributed by atoms with Crippen LogP contribution in [0.2, 0.25) is 0 Å². The number of fused-ring (bicyclic) bond motifs is 1. The maximum absolute atomic E-state index is 13.1. The molecule has 0 radical (unpaired) electrons. The lowest BCUT2D eigenvalue weighted by Gasteiger charge is -2.19. The fourth-order valence-electron chi connectivity index (χ4n) is 3.60. The van der Waals surface area contributed by atoms with Crippen molar-refractivity contribution in [1.82, 2.24) is 19.6 Å². The summed E-state index contributed by atoms with van der Waals surface area (Å²) < 4.78 is 6.85. The minimum absolute atomic E-state index is 0.184. The third-order valence-electron chi connectivity index (χ3n) is 5.00. The number of hydrogen-bond donors (Lipinski definition) is 1. The Kier molecular flexibility index (Phi) is 5.16. The summed E-state index contributed by atoms with van der Waals surface area (Å²) in [6.07, 6.45) is 2.64. The first-order valence-electron chi connectivity index (χ1n) is 9.66. The van der Waals surface area contributed by atoms with E-state index in [0.717, 1.165) is 30.5 Å². The molecule has 0 fully saturated rings. The molecule has 4 rings (SSSR count). The highest BCUT2D eigenvalue weighted by Gasteiger charge is 2.29. The number of hydrogen-bond acceptors (Lipinski definition) is 5. The van der Waals surface area contributed by atoms with Gasteiger partial charge in [-0.2, -0.15) is 0 Å². The van der Waals surface area contributed by atoms with E-state index in [1.807, 2.05) is 34.9 Å². The molecule has 1 aromatic carbocycles. The highest BCUT2D eigenvalue weighted by Crippen LogP contribution is 2.23. The Morgan fingerprint density at radius 2 is 2.03 bits per heavy atom. The molecule has 29 heavy (non-hydrogen) atoms. The summed E-state index contributed by atoms with van der Waals surface area (Å²) in [6.45, 7) is 2.89. The van der Waals surface area contributed by atoms with Crippen molar-refractivity contribution in [2.75, 3.05) is 12.4 Å². The zero-order valence-corrected chi connectivity index (χ0v) is 16.5. The molecule has 0 spiro atoms. The Morgan fingerprint density at radius 1 is 1.24 bits per heavy atom. The SMILES string of the molecule is Cc1cc(NC(=O)c2nc(C(=O)N(C)Cc3ccccc3)c3n2CCCC3)no1. The molecule has 0 saturated heterocycles. The van der Waals surface area contributed by atoms with Crippen LogP contribution in [0.25, 0.3) is 0 Å². The summed E-state index contributed by atoms with van der Waals surface area (Å²) in [4.78, 5) is 32.0. The Bertz CT molecular complexity index is 1040. The number of anilines is 1. The third kappa shape index (κ3) is 3.91. The second kappa shape index (κ2) is 7.90. The Morgan fingerprint density at radius 3 is 2.76 bits per heavy atom. The standard InChI is InChI=1S/C21H23N5O3/c1-14-12-17(24-29-14)22-20(27)19-23-18(16-10-6-7-11-26(16)19)21(28)25(2)13-15-8-4-3-5-9-15/h3-5,8-9,12H,6-7,10-11,13H2,1-2H3,(H,22,24,27). The van der Waals surface area contributed by atoms with Gasteiger partial charge in [-0.15, -0.1) is 0 Å². The topological polar surface area (TPSA) is 93.3 Å². The second-order valence-corrected chi connectivity index (χ2v) is 7.26. The van der Waals surface area contributed by atoms with Crippen LogP contribution in [0, 0.1) is 6.92 Å². The predicted molar refractivity (Wildman–Crippen MR) is 107 cm³/mol. The zero-order valence-electron chi connectivity index (χ0n) is 16.5. The average Bonchev–Trinajstić information content (AvgIpc) is 3.31. The van der Waals surface area contributed by atoms with E-state index in [4.69, 9.17) is 4.52 Å². The van der Waals surface area contributed by atoms with Crippen LogP contribution in [0.3, 0.4) is 0 Å². The van der Waals surface area contributed by atoms with Crippen molar-refractivity contribution in [2.45, 2.75) is 39.3 Å². The average molecular weight is 393 g/mol. The summed E-state index contributed by atoms with van der Waals surface area (Å²) in [5.41, 5.74) is 2.21. The van der Waals surface area contributed by atoms with Crippen LogP contribution in [-0.2, 0) is 19.5 Å². The Balaban J connectivity index is 1.60. The van der Waals surface area contributed by atoms with E-state index in [1.54, 1.807) is 24.9 Å². The van der Waals surface area contributed by atoms with E-state index in [0.29, 0.717) is 30.4 Å². The molecule has 0 atom stereocenters. The lowest BCUT2D eigenvalue weighted by Crippen LogP contribution is -2.28. The number of carbonyl (C=O) groups excluding carboxylic acids is 2. The predicted octanol–water partition coefficient (Wildman–Crippen LogP) is 3.04. The normalized spacial score (nSPS) is 13.0. The summed E-state index contributed by atoms with van der Waals surface area (Å²) >= 11 is 0. The van der Waals surface area contributed by atoms with Crippen molar-refractivity contribution in [2.24, 2.45) is 0 Å². The van der Waals surface area contributed by atoms with Gasteiger partial charge in [0, 0.05) is 26.2 Å². The third-order valence-corrected chi connectivity index (χ3v) is 5.00. The molecule has 150 valence electrons.